The van der Waals surface area contributed by atoms with Crippen LogP contribution < -0.4 is 0 Å². The standard InChI is InChI=1S/C12H25N3O2/c1-11(12(16)17)15-9-7-14(8-10-15)6-4-5-13(2)3/h11H,4-10H2,1-3H3,(H,16,17). The lowest BCUT2D eigenvalue weighted by atomic mass is 10.2. The molecule has 1 aliphatic rings. The van der Waals surface area contributed by atoms with Crippen molar-refractivity contribution in [3.8, 4) is 0 Å². The van der Waals surface area contributed by atoms with Gasteiger partial charge < -0.3 is 14.9 Å². The Morgan fingerprint density at radius 2 is 1.88 bits per heavy atom. The molecule has 5 heteroatoms. The number of carboxylic acid groups (broad SMARTS) is 1. The van der Waals surface area contributed by atoms with Gasteiger partial charge in [-0.05, 0) is 40.5 Å². The molecule has 100 valence electrons. The SMILES string of the molecule is CC(C(=O)O)N1CCN(CCCN(C)C)CC1. The molecule has 0 saturated carbocycles. The average Bonchev–Trinajstić information content (AvgIpc) is 2.28. The highest BCUT2D eigenvalue weighted by Crippen LogP contribution is 2.07. The summed E-state index contributed by atoms with van der Waals surface area (Å²) in [5, 5.41) is 8.94. The van der Waals surface area contributed by atoms with Crippen LogP contribution in [-0.2, 0) is 4.79 Å². The monoisotopic (exact) mass is 243 g/mol. The second-order valence-corrected chi connectivity index (χ2v) is 5.05. The van der Waals surface area contributed by atoms with Crippen molar-refractivity contribution in [2.45, 2.75) is 19.4 Å². The quantitative estimate of drug-likeness (QED) is 0.713. The Balaban J connectivity index is 2.19. The summed E-state index contributed by atoms with van der Waals surface area (Å²) in [5.41, 5.74) is 0. The molecule has 1 saturated heterocycles. The Morgan fingerprint density at radius 1 is 1.29 bits per heavy atom. The normalized spacial score (nSPS) is 20.7. The van der Waals surface area contributed by atoms with Crippen LogP contribution in [-0.4, -0.2) is 85.2 Å². The zero-order valence-corrected chi connectivity index (χ0v) is 11.2. The lowest BCUT2D eigenvalue weighted by Crippen LogP contribution is -2.51. The molecule has 1 atom stereocenters. The third kappa shape index (κ3) is 5.02. The average molecular weight is 243 g/mol. The summed E-state index contributed by atoms with van der Waals surface area (Å²) in [6.45, 7) is 7.73. The number of piperazine rings is 1. The van der Waals surface area contributed by atoms with E-state index in [4.69, 9.17) is 5.11 Å². The van der Waals surface area contributed by atoms with Crippen LogP contribution in [0.2, 0.25) is 0 Å². The van der Waals surface area contributed by atoms with Crippen LogP contribution in [0.5, 0.6) is 0 Å². The predicted molar refractivity (Wildman–Crippen MR) is 68.3 cm³/mol. The summed E-state index contributed by atoms with van der Waals surface area (Å²) in [7, 11) is 4.18. The second kappa shape index (κ2) is 6.93. The van der Waals surface area contributed by atoms with Crippen LogP contribution >= 0.6 is 0 Å². The molecule has 0 aromatic carbocycles. The van der Waals surface area contributed by atoms with Gasteiger partial charge in [-0.2, -0.15) is 0 Å². The highest BCUT2D eigenvalue weighted by atomic mass is 16.4. The van der Waals surface area contributed by atoms with Crippen LogP contribution in [0.25, 0.3) is 0 Å². The zero-order chi connectivity index (χ0) is 12.8. The second-order valence-electron chi connectivity index (χ2n) is 5.05. The Bertz CT molecular complexity index is 238. The summed E-state index contributed by atoms with van der Waals surface area (Å²) in [4.78, 5) is 17.5. The van der Waals surface area contributed by atoms with E-state index in [0.717, 1.165) is 39.3 Å². The van der Waals surface area contributed by atoms with E-state index in [1.165, 1.54) is 6.42 Å². The van der Waals surface area contributed by atoms with E-state index < -0.39 is 5.97 Å². The predicted octanol–water partition coefficient (Wildman–Crippen LogP) is 0.0288. The zero-order valence-electron chi connectivity index (χ0n) is 11.2. The largest absolute Gasteiger partial charge is 0.480 e. The first kappa shape index (κ1) is 14.4. The molecule has 1 aliphatic heterocycles. The van der Waals surface area contributed by atoms with E-state index >= 15 is 0 Å². The molecule has 1 unspecified atom stereocenters. The van der Waals surface area contributed by atoms with Gasteiger partial charge in [0.1, 0.15) is 6.04 Å². The lowest BCUT2D eigenvalue weighted by molar-refractivity contribution is -0.143. The number of hydrogen-bond acceptors (Lipinski definition) is 4. The highest BCUT2D eigenvalue weighted by Gasteiger charge is 2.24. The van der Waals surface area contributed by atoms with Crippen molar-refractivity contribution in [2.75, 3.05) is 53.4 Å². The van der Waals surface area contributed by atoms with Crippen LogP contribution in [0.15, 0.2) is 0 Å². The Kier molecular flexibility index (Phi) is 5.88. The minimum absolute atomic E-state index is 0.348. The van der Waals surface area contributed by atoms with Crippen molar-refractivity contribution in [1.29, 1.82) is 0 Å². The summed E-state index contributed by atoms with van der Waals surface area (Å²) in [5.74, 6) is -0.717. The highest BCUT2D eigenvalue weighted by molar-refractivity contribution is 5.72. The molecule has 1 N–H and O–H groups in total. The van der Waals surface area contributed by atoms with Crippen molar-refractivity contribution in [3.05, 3.63) is 0 Å². The number of carbonyl (C=O) groups is 1. The van der Waals surface area contributed by atoms with Crippen molar-refractivity contribution in [2.24, 2.45) is 0 Å². The maximum absolute atomic E-state index is 10.9. The summed E-state index contributed by atoms with van der Waals surface area (Å²) in [6, 6.07) is -0.348. The number of carboxylic acids is 1. The molecular formula is C12H25N3O2. The maximum Gasteiger partial charge on any atom is 0.320 e. The van der Waals surface area contributed by atoms with E-state index in [0.29, 0.717) is 0 Å². The molecule has 0 spiro atoms. The third-order valence-corrected chi connectivity index (χ3v) is 3.39. The smallest absolute Gasteiger partial charge is 0.320 e. The van der Waals surface area contributed by atoms with Crippen LogP contribution in [0.1, 0.15) is 13.3 Å². The van der Waals surface area contributed by atoms with Gasteiger partial charge in [-0.1, -0.05) is 0 Å². The molecule has 1 fully saturated rings. The minimum atomic E-state index is -0.717. The first-order chi connectivity index (χ1) is 8.00. The fourth-order valence-electron chi connectivity index (χ4n) is 2.14. The van der Waals surface area contributed by atoms with Crippen LogP contribution in [0.3, 0.4) is 0 Å². The summed E-state index contributed by atoms with van der Waals surface area (Å²) in [6.07, 6.45) is 1.18. The first-order valence-electron chi connectivity index (χ1n) is 6.34. The van der Waals surface area contributed by atoms with E-state index in [9.17, 15) is 4.79 Å². The van der Waals surface area contributed by atoms with E-state index in [-0.39, 0.29) is 6.04 Å². The molecule has 5 nitrogen and oxygen atoms in total. The Hall–Kier alpha value is -0.650. The molecule has 0 aliphatic carbocycles. The topological polar surface area (TPSA) is 47.0 Å². The van der Waals surface area contributed by atoms with Gasteiger partial charge >= 0.3 is 5.97 Å². The van der Waals surface area contributed by atoms with Gasteiger partial charge in [-0.15, -0.1) is 0 Å². The molecule has 0 radical (unpaired) electrons. The molecule has 0 amide bonds. The number of rotatable bonds is 6. The summed E-state index contributed by atoms with van der Waals surface area (Å²) < 4.78 is 0. The van der Waals surface area contributed by atoms with Gasteiger partial charge in [0.15, 0.2) is 0 Å². The van der Waals surface area contributed by atoms with Crippen molar-refractivity contribution < 1.29 is 9.90 Å². The Labute approximate surface area is 104 Å². The first-order valence-corrected chi connectivity index (χ1v) is 6.34. The van der Waals surface area contributed by atoms with Gasteiger partial charge in [-0.25, -0.2) is 0 Å². The molecule has 1 rings (SSSR count). The van der Waals surface area contributed by atoms with Crippen LogP contribution in [0, 0.1) is 0 Å². The van der Waals surface area contributed by atoms with Crippen molar-refractivity contribution >= 4 is 5.97 Å². The molecule has 0 aromatic rings. The van der Waals surface area contributed by atoms with E-state index in [1.807, 2.05) is 4.90 Å². The molecule has 1 heterocycles. The van der Waals surface area contributed by atoms with Gasteiger partial charge in [0, 0.05) is 26.2 Å². The summed E-state index contributed by atoms with van der Waals surface area (Å²) >= 11 is 0. The van der Waals surface area contributed by atoms with Gasteiger partial charge in [0.2, 0.25) is 0 Å². The Morgan fingerprint density at radius 3 is 2.35 bits per heavy atom. The van der Waals surface area contributed by atoms with Crippen LogP contribution in [0.4, 0.5) is 0 Å². The number of hydrogen-bond donors (Lipinski definition) is 1. The third-order valence-electron chi connectivity index (χ3n) is 3.39. The lowest BCUT2D eigenvalue weighted by Gasteiger charge is -2.36. The van der Waals surface area contributed by atoms with Gasteiger partial charge in [0.05, 0.1) is 0 Å². The van der Waals surface area contributed by atoms with E-state index in [2.05, 4.69) is 23.9 Å². The van der Waals surface area contributed by atoms with Crippen molar-refractivity contribution in [3.63, 3.8) is 0 Å². The molecular weight excluding hydrogens is 218 g/mol. The van der Waals surface area contributed by atoms with Crippen molar-refractivity contribution in [1.82, 2.24) is 14.7 Å². The molecule has 17 heavy (non-hydrogen) atoms. The number of aliphatic carboxylic acids is 1. The molecule has 0 aromatic heterocycles. The van der Waals surface area contributed by atoms with Gasteiger partial charge in [0.25, 0.3) is 0 Å². The number of nitrogens with zero attached hydrogens (tertiary/aromatic N) is 3. The fraction of sp³-hybridized carbons (Fsp3) is 0.917. The maximum atomic E-state index is 10.9. The minimum Gasteiger partial charge on any atom is -0.480 e. The molecule has 0 bridgehead atoms. The van der Waals surface area contributed by atoms with Gasteiger partial charge in [-0.3, -0.25) is 9.69 Å². The van der Waals surface area contributed by atoms with E-state index in [1.54, 1.807) is 6.92 Å². The fourth-order valence-corrected chi connectivity index (χ4v) is 2.14.